The average molecular weight is 281 g/mol. The Labute approximate surface area is 111 Å². The van der Waals surface area contributed by atoms with E-state index in [9.17, 15) is 25.1 Å². The fourth-order valence-corrected chi connectivity index (χ4v) is 1.76. The zero-order valence-corrected chi connectivity index (χ0v) is 10.3. The molecular formula is C11H11N3O6. The van der Waals surface area contributed by atoms with Gasteiger partial charge in [-0.1, -0.05) is 0 Å². The third-order valence-corrected chi connectivity index (χ3v) is 2.82. The molecule has 2 unspecified atom stereocenters. The Morgan fingerprint density at radius 1 is 1.50 bits per heavy atom. The number of nitrogens with zero attached hydrogens (tertiary/aromatic N) is 2. The highest BCUT2D eigenvalue weighted by Gasteiger charge is 2.29. The molecule has 0 aliphatic carbocycles. The average Bonchev–Trinajstić information content (AvgIpc) is 2.87. The lowest BCUT2D eigenvalue weighted by Crippen LogP contribution is -2.29. The molecule has 0 radical (unpaired) electrons. The quantitative estimate of drug-likeness (QED) is 0.408. The number of nitro benzene ring substituents is 1. The maximum absolute atomic E-state index is 11.2. The van der Waals surface area contributed by atoms with Gasteiger partial charge in [-0.15, -0.1) is 0 Å². The van der Waals surface area contributed by atoms with Crippen molar-refractivity contribution in [2.45, 2.75) is 12.2 Å². The zero-order valence-electron chi connectivity index (χ0n) is 10.3. The summed E-state index contributed by atoms with van der Waals surface area (Å²) in [5, 5.41) is 36.8. The molecule has 9 nitrogen and oxygen atoms in total. The van der Waals surface area contributed by atoms with E-state index in [-0.39, 0.29) is 16.8 Å². The summed E-state index contributed by atoms with van der Waals surface area (Å²) in [4.78, 5) is 21.3. The molecular weight excluding hydrogens is 270 g/mol. The van der Waals surface area contributed by atoms with Crippen LogP contribution in [-0.2, 0) is 9.53 Å². The van der Waals surface area contributed by atoms with Crippen LogP contribution in [0.25, 0.3) is 10.9 Å². The number of nitrogens with one attached hydrogen (secondary N) is 1. The number of methoxy groups -OCH3 is 1. The van der Waals surface area contributed by atoms with E-state index in [0.29, 0.717) is 5.52 Å². The SMILES string of the molecule is COC(=O)C(O)C(O)c1[nH]nc2ccc([N+](=O)[O-])cc12. The fraction of sp³-hybridized carbons (Fsp3) is 0.273. The van der Waals surface area contributed by atoms with Gasteiger partial charge < -0.3 is 14.9 Å². The number of carbonyl (C=O) groups excluding carboxylic acids is 1. The van der Waals surface area contributed by atoms with Crippen molar-refractivity contribution < 1.29 is 24.7 Å². The molecule has 2 rings (SSSR count). The minimum Gasteiger partial charge on any atom is -0.467 e. The molecule has 2 aromatic rings. The molecule has 1 aromatic carbocycles. The number of fused-ring (bicyclic) bond motifs is 1. The van der Waals surface area contributed by atoms with E-state index in [1.54, 1.807) is 0 Å². The van der Waals surface area contributed by atoms with Crippen molar-refractivity contribution in [3.05, 3.63) is 34.0 Å². The van der Waals surface area contributed by atoms with Crippen molar-refractivity contribution in [2.75, 3.05) is 7.11 Å². The largest absolute Gasteiger partial charge is 0.467 e. The maximum atomic E-state index is 11.2. The van der Waals surface area contributed by atoms with Crippen LogP contribution >= 0.6 is 0 Å². The van der Waals surface area contributed by atoms with Gasteiger partial charge in [0.05, 0.1) is 23.2 Å². The number of benzene rings is 1. The van der Waals surface area contributed by atoms with Gasteiger partial charge in [-0.05, 0) is 6.07 Å². The molecule has 106 valence electrons. The lowest BCUT2D eigenvalue weighted by Gasteiger charge is -2.14. The van der Waals surface area contributed by atoms with Crippen LogP contribution < -0.4 is 0 Å². The van der Waals surface area contributed by atoms with Crippen LogP contribution in [0.3, 0.4) is 0 Å². The highest BCUT2D eigenvalue weighted by Crippen LogP contribution is 2.27. The first-order chi connectivity index (χ1) is 9.45. The normalized spacial score (nSPS) is 13.9. The van der Waals surface area contributed by atoms with E-state index < -0.39 is 23.1 Å². The number of hydrogen-bond donors (Lipinski definition) is 3. The second-order valence-electron chi connectivity index (χ2n) is 4.01. The highest BCUT2D eigenvalue weighted by atomic mass is 16.6. The van der Waals surface area contributed by atoms with Crippen molar-refractivity contribution in [2.24, 2.45) is 0 Å². The van der Waals surface area contributed by atoms with Crippen LogP contribution in [-0.4, -0.2) is 44.5 Å². The number of non-ortho nitro benzene ring substituents is 1. The highest BCUT2D eigenvalue weighted by molar-refractivity contribution is 5.85. The molecule has 0 amide bonds. The number of rotatable bonds is 4. The van der Waals surface area contributed by atoms with Gasteiger partial charge in [-0.2, -0.15) is 5.10 Å². The molecule has 0 saturated heterocycles. The van der Waals surface area contributed by atoms with Gasteiger partial charge in [-0.25, -0.2) is 4.79 Å². The smallest absolute Gasteiger partial charge is 0.337 e. The Balaban J connectivity index is 2.46. The summed E-state index contributed by atoms with van der Waals surface area (Å²) in [6, 6.07) is 3.85. The van der Waals surface area contributed by atoms with E-state index in [1.807, 2.05) is 0 Å². The van der Waals surface area contributed by atoms with Gasteiger partial charge in [0, 0.05) is 17.5 Å². The van der Waals surface area contributed by atoms with Gasteiger partial charge >= 0.3 is 5.97 Å². The van der Waals surface area contributed by atoms with Crippen LogP contribution in [0.4, 0.5) is 5.69 Å². The number of carbonyl (C=O) groups is 1. The molecule has 0 bridgehead atoms. The van der Waals surface area contributed by atoms with Gasteiger partial charge in [0.1, 0.15) is 6.10 Å². The topological polar surface area (TPSA) is 139 Å². The molecule has 1 aromatic heterocycles. The number of nitro groups is 1. The number of ether oxygens (including phenoxy) is 1. The van der Waals surface area contributed by atoms with Crippen molar-refractivity contribution in [1.29, 1.82) is 0 Å². The Hall–Kier alpha value is -2.52. The molecule has 0 spiro atoms. The van der Waals surface area contributed by atoms with E-state index in [4.69, 9.17) is 0 Å². The standard InChI is InChI=1S/C11H11N3O6/c1-20-11(17)10(16)9(15)8-6-4-5(14(18)19)2-3-7(6)12-13-8/h2-4,9-10,15-16H,1H3,(H,12,13). The number of hydrogen-bond acceptors (Lipinski definition) is 7. The summed E-state index contributed by atoms with van der Waals surface area (Å²) in [5.41, 5.74) is 0.170. The molecule has 3 N–H and O–H groups in total. The Morgan fingerprint density at radius 3 is 2.80 bits per heavy atom. The van der Waals surface area contributed by atoms with Crippen molar-refractivity contribution in [1.82, 2.24) is 10.2 Å². The third kappa shape index (κ3) is 2.31. The molecule has 0 saturated carbocycles. The van der Waals surface area contributed by atoms with E-state index in [1.165, 1.54) is 18.2 Å². The summed E-state index contributed by atoms with van der Waals surface area (Å²) in [7, 11) is 1.06. The van der Waals surface area contributed by atoms with Crippen LogP contribution in [0.15, 0.2) is 18.2 Å². The predicted molar refractivity (Wildman–Crippen MR) is 65.7 cm³/mol. The number of aliphatic hydroxyl groups is 2. The monoisotopic (exact) mass is 281 g/mol. The number of esters is 1. The van der Waals surface area contributed by atoms with Crippen molar-refractivity contribution in [3.8, 4) is 0 Å². The number of aromatic amines is 1. The molecule has 0 aliphatic rings. The van der Waals surface area contributed by atoms with Gasteiger partial charge in [-0.3, -0.25) is 15.2 Å². The Bertz CT molecular complexity index is 667. The van der Waals surface area contributed by atoms with Crippen LogP contribution in [0.1, 0.15) is 11.8 Å². The summed E-state index contributed by atoms with van der Waals surface area (Å²) >= 11 is 0. The predicted octanol–water partition coefficient (Wildman–Crippen LogP) is 0.0384. The second-order valence-corrected chi connectivity index (χ2v) is 4.01. The zero-order chi connectivity index (χ0) is 14.9. The first kappa shape index (κ1) is 13.9. The lowest BCUT2D eigenvalue weighted by molar-refractivity contribution is -0.384. The van der Waals surface area contributed by atoms with Gasteiger partial charge in [0.15, 0.2) is 6.10 Å². The molecule has 9 heteroatoms. The first-order valence-electron chi connectivity index (χ1n) is 5.52. The summed E-state index contributed by atoms with van der Waals surface area (Å²) in [5.74, 6) is -1.02. The summed E-state index contributed by atoms with van der Waals surface area (Å²) < 4.78 is 4.31. The molecule has 1 heterocycles. The Morgan fingerprint density at radius 2 is 2.20 bits per heavy atom. The summed E-state index contributed by atoms with van der Waals surface area (Å²) in [6.07, 6.45) is -3.45. The number of H-pyrrole nitrogens is 1. The molecule has 0 aliphatic heterocycles. The third-order valence-electron chi connectivity index (χ3n) is 2.82. The number of aromatic nitrogens is 2. The first-order valence-corrected chi connectivity index (χ1v) is 5.52. The molecule has 20 heavy (non-hydrogen) atoms. The lowest BCUT2D eigenvalue weighted by atomic mass is 10.1. The van der Waals surface area contributed by atoms with Crippen molar-refractivity contribution in [3.63, 3.8) is 0 Å². The van der Waals surface area contributed by atoms with Gasteiger partial charge in [0.25, 0.3) is 5.69 Å². The maximum Gasteiger partial charge on any atom is 0.337 e. The van der Waals surface area contributed by atoms with Gasteiger partial charge in [0.2, 0.25) is 0 Å². The van der Waals surface area contributed by atoms with Crippen LogP contribution in [0.2, 0.25) is 0 Å². The van der Waals surface area contributed by atoms with Crippen molar-refractivity contribution >= 4 is 22.6 Å². The minimum atomic E-state index is -1.82. The van der Waals surface area contributed by atoms with E-state index >= 15 is 0 Å². The molecule has 0 fully saturated rings. The van der Waals surface area contributed by atoms with E-state index in [2.05, 4.69) is 14.9 Å². The molecule has 2 atom stereocenters. The van der Waals surface area contributed by atoms with Crippen LogP contribution in [0, 0.1) is 10.1 Å². The summed E-state index contributed by atoms with van der Waals surface area (Å²) in [6.45, 7) is 0. The van der Waals surface area contributed by atoms with E-state index in [0.717, 1.165) is 7.11 Å². The Kier molecular flexibility index (Phi) is 3.63. The second kappa shape index (κ2) is 5.23. The minimum absolute atomic E-state index is 0.00148. The van der Waals surface area contributed by atoms with Crippen LogP contribution in [0.5, 0.6) is 0 Å². The number of aliphatic hydroxyl groups excluding tert-OH is 2. The fourth-order valence-electron chi connectivity index (χ4n) is 1.76.